The number of carboxylic acids is 1. The molecule has 0 heterocycles. The summed E-state index contributed by atoms with van der Waals surface area (Å²) in [4.78, 5) is 10.7. The summed E-state index contributed by atoms with van der Waals surface area (Å²) in [5, 5.41) is 8.60. The molecule has 0 saturated heterocycles. The number of hydrogen-bond acceptors (Lipinski definition) is 3. The van der Waals surface area contributed by atoms with Gasteiger partial charge in [0, 0.05) is 17.4 Å². The minimum Gasteiger partial charge on any atom is -0.481 e. The first kappa shape index (κ1) is 18.1. The van der Waals surface area contributed by atoms with Crippen molar-refractivity contribution in [3.8, 4) is 0 Å². The molecule has 1 unspecified atom stereocenters. The van der Waals surface area contributed by atoms with E-state index in [4.69, 9.17) is 5.11 Å². The second kappa shape index (κ2) is 7.91. The Kier molecular flexibility index (Phi) is 6.83. The molecule has 21 heavy (non-hydrogen) atoms. The van der Waals surface area contributed by atoms with Gasteiger partial charge in [0.2, 0.25) is 10.0 Å². The Morgan fingerprint density at radius 1 is 1.38 bits per heavy atom. The van der Waals surface area contributed by atoms with E-state index in [1.54, 1.807) is 18.2 Å². The summed E-state index contributed by atoms with van der Waals surface area (Å²) in [6.07, 6.45) is 1.27. The summed E-state index contributed by atoms with van der Waals surface area (Å²) in [7, 11) is -3.51. The van der Waals surface area contributed by atoms with Gasteiger partial charge in [0.05, 0.1) is 4.90 Å². The molecular weight excluding hydrogens is 358 g/mol. The molecule has 0 aliphatic carbocycles. The van der Waals surface area contributed by atoms with Crippen LogP contribution in [0.25, 0.3) is 0 Å². The molecule has 1 atom stereocenters. The van der Waals surface area contributed by atoms with Crippen LogP contribution in [0.2, 0.25) is 0 Å². The monoisotopic (exact) mass is 377 g/mol. The lowest BCUT2D eigenvalue weighted by atomic mass is 10.0. The van der Waals surface area contributed by atoms with Gasteiger partial charge in [0.1, 0.15) is 0 Å². The fourth-order valence-corrected chi connectivity index (χ4v) is 3.20. The molecule has 2 N–H and O–H groups in total. The molecule has 0 aromatic heterocycles. The van der Waals surface area contributed by atoms with Crippen molar-refractivity contribution in [2.75, 3.05) is 6.54 Å². The lowest BCUT2D eigenvalue weighted by molar-refractivity contribution is -0.137. The molecule has 0 amide bonds. The van der Waals surface area contributed by atoms with Crippen LogP contribution in [0.4, 0.5) is 0 Å². The second-order valence-electron chi connectivity index (χ2n) is 5.14. The highest BCUT2D eigenvalue weighted by atomic mass is 79.9. The Morgan fingerprint density at radius 2 is 2.05 bits per heavy atom. The maximum atomic E-state index is 12.1. The average Bonchev–Trinajstić information content (AvgIpc) is 2.39. The summed E-state index contributed by atoms with van der Waals surface area (Å²) < 4.78 is 27.7. The van der Waals surface area contributed by atoms with Crippen LogP contribution in [0, 0.1) is 12.8 Å². The van der Waals surface area contributed by atoms with Crippen molar-refractivity contribution in [2.45, 2.75) is 38.0 Å². The van der Waals surface area contributed by atoms with E-state index in [-0.39, 0.29) is 17.2 Å². The Morgan fingerprint density at radius 3 is 2.62 bits per heavy atom. The highest BCUT2D eigenvalue weighted by Crippen LogP contribution is 2.20. The first-order chi connectivity index (χ1) is 9.72. The topological polar surface area (TPSA) is 83.5 Å². The number of halogens is 1. The Labute approximate surface area is 133 Å². The highest BCUT2D eigenvalue weighted by molar-refractivity contribution is 9.10. The molecule has 5 nitrogen and oxygen atoms in total. The molecule has 0 aliphatic heterocycles. The van der Waals surface area contributed by atoms with E-state index in [1.807, 2.05) is 13.8 Å². The molecule has 0 fully saturated rings. The average molecular weight is 378 g/mol. The SMILES string of the molecule is Cc1cc(S(=O)(=O)NCCC(C)CCC(=O)O)ccc1Br. The summed E-state index contributed by atoms with van der Waals surface area (Å²) >= 11 is 3.33. The largest absolute Gasteiger partial charge is 0.481 e. The van der Waals surface area contributed by atoms with Crippen molar-refractivity contribution in [3.63, 3.8) is 0 Å². The number of hydrogen-bond donors (Lipinski definition) is 2. The minimum absolute atomic E-state index is 0.111. The standard InChI is InChI=1S/C14H20BrNO4S/c1-10(3-6-14(17)18)7-8-16-21(19,20)12-4-5-13(15)11(2)9-12/h4-5,9-10,16H,3,6-8H2,1-2H3,(H,17,18). The highest BCUT2D eigenvalue weighted by Gasteiger charge is 2.15. The molecule has 0 spiro atoms. The van der Waals surface area contributed by atoms with Crippen LogP contribution in [0.1, 0.15) is 31.7 Å². The van der Waals surface area contributed by atoms with Gasteiger partial charge in [-0.2, -0.15) is 0 Å². The van der Waals surface area contributed by atoms with E-state index in [2.05, 4.69) is 20.7 Å². The van der Waals surface area contributed by atoms with Crippen molar-refractivity contribution < 1.29 is 18.3 Å². The van der Waals surface area contributed by atoms with Crippen molar-refractivity contribution in [3.05, 3.63) is 28.2 Å². The van der Waals surface area contributed by atoms with Crippen LogP contribution in [-0.2, 0) is 14.8 Å². The molecule has 118 valence electrons. The summed E-state index contributed by atoms with van der Waals surface area (Å²) in [6, 6.07) is 4.87. The Hall–Kier alpha value is -0.920. The van der Waals surface area contributed by atoms with E-state index >= 15 is 0 Å². The third-order valence-corrected chi connectivity index (χ3v) is 5.57. The van der Waals surface area contributed by atoms with Crippen molar-refractivity contribution in [1.82, 2.24) is 4.72 Å². The number of aliphatic carboxylic acids is 1. The zero-order valence-corrected chi connectivity index (χ0v) is 14.5. The zero-order valence-electron chi connectivity index (χ0n) is 12.1. The minimum atomic E-state index is -3.51. The lowest BCUT2D eigenvalue weighted by Crippen LogP contribution is -2.26. The van der Waals surface area contributed by atoms with Crippen LogP contribution in [0.3, 0.4) is 0 Å². The molecule has 1 rings (SSSR count). The number of rotatable bonds is 8. The maximum absolute atomic E-state index is 12.1. The third-order valence-electron chi connectivity index (χ3n) is 3.22. The summed E-state index contributed by atoms with van der Waals surface area (Å²) in [5.74, 6) is -0.664. The van der Waals surface area contributed by atoms with Gasteiger partial charge in [-0.25, -0.2) is 13.1 Å². The lowest BCUT2D eigenvalue weighted by Gasteiger charge is -2.12. The van der Waals surface area contributed by atoms with E-state index in [9.17, 15) is 13.2 Å². The maximum Gasteiger partial charge on any atom is 0.303 e. The number of benzene rings is 1. The first-order valence-electron chi connectivity index (χ1n) is 6.70. The molecule has 0 bridgehead atoms. The second-order valence-corrected chi connectivity index (χ2v) is 7.76. The molecule has 1 aromatic carbocycles. The third kappa shape index (κ3) is 6.15. The van der Waals surface area contributed by atoms with Gasteiger partial charge in [0.15, 0.2) is 0 Å². The number of carboxylic acid groups (broad SMARTS) is 1. The molecule has 0 radical (unpaired) electrons. The number of nitrogens with one attached hydrogen (secondary N) is 1. The number of sulfonamides is 1. The predicted molar refractivity (Wildman–Crippen MR) is 84.7 cm³/mol. The fourth-order valence-electron chi connectivity index (χ4n) is 1.82. The van der Waals surface area contributed by atoms with Gasteiger partial charge < -0.3 is 5.11 Å². The number of aryl methyl sites for hydroxylation is 1. The van der Waals surface area contributed by atoms with Crippen molar-refractivity contribution >= 4 is 31.9 Å². The Balaban J connectivity index is 2.53. The van der Waals surface area contributed by atoms with Gasteiger partial charge >= 0.3 is 5.97 Å². The Bertz CT molecular complexity index is 601. The van der Waals surface area contributed by atoms with Gasteiger partial charge in [-0.3, -0.25) is 4.79 Å². The van der Waals surface area contributed by atoms with Gasteiger partial charge in [-0.1, -0.05) is 22.9 Å². The van der Waals surface area contributed by atoms with E-state index in [1.165, 1.54) is 0 Å². The van der Waals surface area contributed by atoms with E-state index in [0.717, 1.165) is 10.0 Å². The first-order valence-corrected chi connectivity index (χ1v) is 8.97. The van der Waals surface area contributed by atoms with Crippen LogP contribution < -0.4 is 4.72 Å². The predicted octanol–water partition coefficient (Wildman–Crippen LogP) is 2.93. The number of carbonyl (C=O) groups is 1. The smallest absolute Gasteiger partial charge is 0.303 e. The molecular formula is C14H20BrNO4S. The fraction of sp³-hybridized carbons (Fsp3) is 0.500. The van der Waals surface area contributed by atoms with Gasteiger partial charge in [0.25, 0.3) is 0 Å². The molecule has 1 aromatic rings. The van der Waals surface area contributed by atoms with Crippen LogP contribution in [-0.4, -0.2) is 26.0 Å². The zero-order chi connectivity index (χ0) is 16.0. The molecule has 0 aliphatic rings. The van der Waals surface area contributed by atoms with Crippen LogP contribution >= 0.6 is 15.9 Å². The molecule has 7 heteroatoms. The summed E-state index contributed by atoms with van der Waals surface area (Å²) in [5.41, 5.74) is 0.854. The van der Waals surface area contributed by atoms with Gasteiger partial charge in [-0.15, -0.1) is 0 Å². The van der Waals surface area contributed by atoms with E-state index in [0.29, 0.717) is 19.4 Å². The van der Waals surface area contributed by atoms with Crippen LogP contribution in [0.15, 0.2) is 27.6 Å². The molecule has 0 saturated carbocycles. The van der Waals surface area contributed by atoms with Crippen molar-refractivity contribution in [1.29, 1.82) is 0 Å². The van der Waals surface area contributed by atoms with E-state index < -0.39 is 16.0 Å². The van der Waals surface area contributed by atoms with Gasteiger partial charge in [-0.05, 0) is 49.4 Å². The summed E-state index contributed by atoms with van der Waals surface area (Å²) in [6.45, 7) is 4.05. The normalized spacial score (nSPS) is 13.1. The van der Waals surface area contributed by atoms with Crippen LogP contribution in [0.5, 0.6) is 0 Å². The van der Waals surface area contributed by atoms with Crippen molar-refractivity contribution in [2.24, 2.45) is 5.92 Å². The quantitative estimate of drug-likeness (QED) is 0.729.